The summed E-state index contributed by atoms with van der Waals surface area (Å²) in [7, 11) is 0. The molecule has 0 N–H and O–H groups in total. The molecule has 67 valence electrons. The summed E-state index contributed by atoms with van der Waals surface area (Å²) in [6.45, 7) is 9.18. The van der Waals surface area contributed by atoms with E-state index in [0.29, 0.717) is 0 Å². The van der Waals surface area contributed by atoms with Gasteiger partial charge in [0.25, 0.3) is 0 Å². The summed E-state index contributed by atoms with van der Waals surface area (Å²) in [4.78, 5) is 0. The average molecular weight is 155 g/mol. The van der Waals surface area contributed by atoms with E-state index < -0.39 is 0 Å². The highest BCUT2D eigenvalue weighted by Gasteiger charge is 2.03. The van der Waals surface area contributed by atoms with E-state index in [1.807, 2.05) is 0 Å². The third-order valence-corrected chi connectivity index (χ3v) is 2.38. The van der Waals surface area contributed by atoms with Crippen LogP contribution in [0.3, 0.4) is 0 Å². The van der Waals surface area contributed by atoms with E-state index in [2.05, 4.69) is 34.1 Å². The first-order chi connectivity index (χ1) is 5.20. The van der Waals surface area contributed by atoms with Gasteiger partial charge in [-0.2, -0.15) is 0 Å². The fourth-order valence-electron chi connectivity index (χ4n) is 1.20. The SMILES string of the molecule is CCCC(C)[CH]CC(C)CC. The molecule has 0 amide bonds. The Morgan fingerprint density at radius 2 is 1.82 bits per heavy atom. The summed E-state index contributed by atoms with van der Waals surface area (Å²) in [5.74, 6) is 1.71. The van der Waals surface area contributed by atoms with Gasteiger partial charge >= 0.3 is 0 Å². The van der Waals surface area contributed by atoms with E-state index in [9.17, 15) is 0 Å². The highest BCUT2D eigenvalue weighted by atomic mass is 14.1. The van der Waals surface area contributed by atoms with Gasteiger partial charge in [0.1, 0.15) is 0 Å². The maximum atomic E-state index is 2.48. The third-order valence-electron chi connectivity index (χ3n) is 2.38. The first-order valence-electron chi connectivity index (χ1n) is 5.04. The minimum atomic E-state index is 0.828. The maximum absolute atomic E-state index is 2.48. The molecule has 0 rings (SSSR count). The van der Waals surface area contributed by atoms with E-state index in [0.717, 1.165) is 11.8 Å². The van der Waals surface area contributed by atoms with Gasteiger partial charge in [0, 0.05) is 0 Å². The number of hydrogen-bond donors (Lipinski definition) is 0. The predicted octanol–water partition coefficient (Wildman–Crippen LogP) is 4.06. The van der Waals surface area contributed by atoms with Gasteiger partial charge < -0.3 is 0 Å². The molecular formula is C11H23. The highest BCUT2D eigenvalue weighted by molar-refractivity contribution is 4.74. The fourth-order valence-corrected chi connectivity index (χ4v) is 1.20. The van der Waals surface area contributed by atoms with E-state index in [1.165, 1.54) is 25.7 Å². The van der Waals surface area contributed by atoms with E-state index in [-0.39, 0.29) is 0 Å². The van der Waals surface area contributed by atoms with Crippen molar-refractivity contribution in [2.24, 2.45) is 11.8 Å². The van der Waals surface area contributed by atoms with Crippen molar-refractivity contribution >= 4 is 0 Å². The van der Waals surface area contributed by atoms with Crippen molar-refractivity contribution in [1.82, 2.24) is 0 Å². The second-order valence-corrected chi connectivity index (χ2v) is 3.75. The minimum absolute atomic E-state index is 0.828. The largest absolute Gasteiger partial charge is 0.0654 e. The van der Waals surface area contributed by atoms with Crippen molar-refractivity contribution in [2.75, 3.05) is 0 Å². The molecule has 0 aliphatic rings. The van der Waals surface area contributed by atoms with Crippen LogP contribution in [0.5, 0.6) is 0 Å². The molecule has 0 saturated carbocycles. The van der Waals surface area contributed by atoms with Crippen LogP contribution in [-0.4, -0.2) is 0 Å². The highest BCUT2D eigenvalue weighted by Crippen LogP contribution is 2.16. The number of hydrogen-bond acceptors (Lipinski definition) is 0. The Balaban J connectivity index is 3.22. The van der Waals surface area contributed by atoms with Crippen LogP contribution in [0.15, 0.2) is 0 Å². The zero-order valence-electron chi connectivity index (χ0n) is 8.56. The molecule has 2 unspecified atom stereocenters. The summed E-state index contributed by atoms with van der Waals surface area (Å²) < 4.78 is 0. The molecule has 0 aromatic rings. The second kappa shape index (κ2) is 6.69. The lowest BCUT2D eigenvalue weighted by atomic mass is 9.94. The van der Waals surface area contributed by atoms with Crippen LogP contribution in [-0.2, 0) is 0 Å². The Morgan fingerprint density at radius 1 is 1.18 bits per heavy atom. The van der Waals surface area contributed by atoms with E-state index in [1.54, 1.807) is 0 Å². The quantitative estimate of drug-likeness (QED) is 0.542. The van der Waals surface area contributed by atoms with Gasteiger partial charge in [-0.3, -0.25) is 0 Å². The van der Waals surface area contributed by atoms with Gasteiger partial charge in [0.15, 0.2) is 0 Å². The van der Waals surface area contributed by atoms with Gasteiger partial charge in [-0.15, -0.1) is 0 Å². The second-order valence-electron chi connectivity index (χ2n) is 3.75. The summed E-state index contributed by atoms with van der Waals surface area (Å²) in [6, 6.07) is 0. The maximum Gasteiger partial charge on any atom is -0.0355 e. The third kappa shape index (κ3) is 6.40. The lowest BCUT2D eigenvalue weighted by Gasteiger charge is -2.12. The van der Waals surface area contributed by atoms with Crippen molar-refractivity contribution in [2.45, 2.75) is 53.4 Å². The topological polar surface area (TPSA) is 0 Å². The standard InChI is InChI=1S/C11H23/c1-5-7-11(4)9-8-10(3)6-2/h9-11H,5-8H2,1-4H3. The van der Waals surface area contributed by atoms with Gasteiger partial charge in [-0.05, 0) is 24.7 Å². The fraction of sp³-hybridized carbons (Fsp3) is 0.909. The van der Waals surface area contributed by atoms with Crippen LogP contribution in [0.2, 0.25) is 0 Å². The summed E-state index contributed by atoms with van der Waals surface area (Å²) in [6.07, 6.45) is 7.78. The van der Waals surface area contributed by atoms with Crippen molar-refractivity contribution in [3.8, 4) is 0 Å². The van der Waals surface area contributed by atoms with Crippen LogP contribution < -0.4 is 0 Å². The Labute approximate surface area is 72.4 Å². The molecule has 0 aromatic heterocycles. The zero-order valence-corrected chi connectivity index (χ0v) is 8.56. The summed E-state index contributed by atoms with van der Waals surface area (Å²) in [5.41, 5.74) is 0. The molecule has 0 heteroatoms. The monoisotopic (exact) mass is 155 g/mol. The Bertz CT molecular complexity index is 76.1. The molecule has 0 fully saturated rings. The molecule has 0 saturated heterocycles. The minimum Gasteiger partial charge on any atom is -0.0654 e. The summed E-state index contributed by atoms with van der Waals surface area (Å²) in [5, 5.41) is 0. The molecule has 2 atom stereocenters. The van der Waals surface area contributed by atoms with Crippen molar-refractivity contribution < 1.29 is 0 Å². The first-order valence-corrected chi connectivity index (χ1v) is 5.04. The molecular weight excluding hydrogens is 132 g/mol. The first kappa shape index (κ1) is 11.0. The molecule has 1 radical (unpaired) electrons. The molecule has 0 spiro atoms. The summed E-state index contributed by atoms with van der Waals surface area (Å²) >= 11 is 0. The van der Waals surface area contributed by atoms with Gasteiger partial charge in [-0.1, -0.05) is 47.0 Å². The predicted molar refractivity (Wildman–Crippen MR) is 52.4 cm³/mol. The Morgan fingerprint density at radius 3 is 2.27 bits per heavy atom. The van der Waals surface area contributed by atoms with E-state index >= 15 is 0 Å². The van der Waals surface area contributed by atoms with Crippen LogP contribution in [0, 0.1) is 18.3 Å². The lowest BCUT2D eigenvalue weighted by molar-refractivity contribution is 0.490. The van der Waals surface area contributed by atoms with Gasteiger partial charge in [0.2, 0.25) is 0 Å². The van der Waals surface area contributed by atoms with Crippen LogP contribution >= 0.6 is 0 Å². The Kier molecular flexibility index (Phi) is 6.69. The molecule has 0 heterocycles. The Hall–Kier alpha value is 0. The van der Waals surface area contributed by atoms with Gasteiger partial charge in [-0.25, -0.2) is 0 Å². The molecule has 11 heavy (non-hydrogen) atoms. The van der Waals surface area contributed by atoms with Crippen molar-refractivity contribution in [3.63, 3.8) is 0 Å². The van der Waals surface area contributed by atoms with E-state index in [4.69, 9.17) is 0 Å². The van der Waals surface area contributed by atoms with Gasteiger partial charge in [0.05, 0.1) is 0 Å². The molecule has 0 aliphatic carbocycles. The van der Waals surface area contributed by atoms with Crippen molar-refractivity contribution in [1.29, 1.82) is 0 Å². The lowest BCUT2D eigenvalue weighted by Crippen LogP contribution is -1.99. The molecule has 0 nitrogen and oxygen atoms in total. The molecule has 0 aliphatic heterocycles. The van der Waals surface area contributed by atoms with Crippen LogP contribution in [0.25, 0.3) is 0 Å². The number of rotatable bonds is 6. The van der Waals surface area contributed by atoms with Crippen LogP contribution in [0.4, 0.5) is 0 Å². The zero-order chi connectivity index (χ0) is 8.69. The molecule has 0 aromatic carbocycles. The van der Waals surface area contributed by atoms with Crippen LogP contribution in [0.1, 0.15) is 53.4 Å². The smallest absolute Gasteiger partial charge is 0.0355 e. The average Bonchev–Trinajstić information content (AvgIpc) is 2.01. The van der Waals surface area contributed by atoms with Crippen molar-refractivity contribution in [3.05, 3.63) is 6.42 Å². The normalized spacial score (nSPS) is 16.4. The molecule has 0 bridgehead atoms.